The van der Waals surface area contributed by atoms with E-state index in [2.05, 4.69) is 41.2 Å². The molecule has 0 aliphatic carbocycles. The quantitative estimate of drug-likeness (QED) is 0.684. The van der Waals surface area contributed by atoms with Crippen LogP contribution in [0, 0.1) is 13.8 Å². The first-order chi connectivity index (χ1) is 11.7. The molecule has 1 fully saturated rings. The summed E-state index contributed by atoms with van der Waals surface area (Å²) in [6, 6.07) is 8.98. The van der Waals surface area contributed by atoms with Gasteiger partial charge in [-0.3, -0.25) is 4.90 Å². The molecule has 4 heteroatoms. The molecule has 0 unspecified atom stereocenters. The lowest BCUT2D eigenvalue weighted by molar-refractivity contribution is 0.245. The summed E-state index contributed by atoms with van der Waals surface area (Å²) in [6.45, 7) is 9.14. The number of hydrogen-bond donors (Lipinski definition) is 0. The number of rotatable bonds is 7. The van der Waals surface area contributed by atoms with E-state index >= 15 is 0 Å². The predicted molar refractivity (Wildman–Crippen MR) is 95.2 cm³/mol. The zero-order valence-corrected chi connectivity index (χ0v) is 15.0. The van der Waals surface area contributed by atoms with Crippen molar-refractivity contribution in [1.82, 2.24) is 10.1 Å². The first-order valence-electron chi connectivity index (χ1n) is 9.07. The fourth-order valence-electron chi connectivity index (χ4n) is 3.57. The van der Waals surface area contributed by atoms with Crippen molar-refractivity contribution in [2.24, 2.45) is 0 Å². The molecule has 1 aromatic heterocycles. The van der Waals surface area contributed by atoms with Crippen LogP contribution >= 0.6 is 0 Å². The van der Waals surface area contributed by atoms with Gasteiger partial charge in [-0.25, -0.2) is 0 Å². The molecule has 1 atom stereocenters. The van der Waals surface area contributed by atoms with E-state index in [1.165, 1.54) is 24.0 Å². The largest absolute Gasteiger partial charge is 0.494 e. The third-order valence-corrected chi connectivity index (χ3v) is 4.86. The summed E-state index contributed by atoms with van der Waals surface area (Å²) in [4.78, 5) is 2.54. The molecule has 3 rings (SSSR count). The van der Waals surface area contributed by atoms with Crippen LogP contribution in [0.15, 0.2) is 28.8 Å². The Morgan fingerprint density at radius 3 is 2.71 bits per heavy atom. The van der Waals surface area contributed by atoms with E-state index in [1.807, 2.05) is 13.8 Å². The second kappa shape index (κ2) is 7.84. The van der Waals surface area contributed by atoms with Gasteiger partial charge in [0.05, 0.1) is 12.3 Å². The lowest BCUT2D eigenvalue weighted by atomic mass is 10.0. The van der Waals surface area contributed by atoms with E-state index in [-0.39, 0.29) is 0 Å². The van der Waals surface area contributed by atoms with Crippen molar-refractivity contribution < 1.29 is 9.26 Å². The normalized spacial score (nSPS) is 18.2. The van der Waals surface area contributed by atoms with Crippen LogP contribution in [0.25, 0.3) is 0 Å². The highest BCUT2D eigenvalue weighted by molar-refractivity contribution is 5.29. The third-order valence-electron chi connectivity index (χ3n) is 4.86. The monoisotopic (exact) mass is 328 g/mol. The van der Waals surface area contributed by atoms with Crippen LogP contribution in [0.2, 0.25) is 0 Å². The van der Waals surface area contributed by atoms with Gasteiger partial charge < -0.3 is 9.26 Å². The van der Waals surface area contributed by atoms with Gasteiger partial charge in [-0.2, -0.15) is 0 Å². The van der Waals surface area contributed by atoms with Crippen molar-refractivity contribution in [1.29, 1.82) is 0 Å². The first kappa shape index (κ1) is 17.0. The molecule has 1 aliphatic heterocycles. The minimum Gasteiger partial charge on any atom is -0.494 e. The van der Waals surface area contributed by atoms with Crippen LogP contribution < -0.4 is 4.74 Å². The molecule has 4 nitrogen and oxygen atoms in total. The van der Waals surface area contributed by atoms with E-state index in [9.17, 15) is 0 Å². The fraction of sp³-hybridized carbons (Fsp3) is 0.550. The maximum atomic E-state index is 5.75. The van der Waals surface area contributed by atoms with Crippen LogP contribution in [0.5, 0.6) is 5.75 Å². The second-order valence-corrected chi connectivity index (χ2v) is 6.71. The number of benzene rings is 1. The maximum Gasteiger partial charge on any atom is 0.138 e. The number of aryl methyl sites for hydroxylation is 2. The molecule has 0 amide bonds. The predicted octanol–water partition coefficient (Wildman–Crippen LogP) is 4.81. The molecular formula is C20H28N2O2. The van der Waals surface area contributed by atoms with E-state index in [0.29, 0.717) is 6.04 Å². The Hall–Kier alpha value is -1.81. The molecule has 2 aromatic rings. The van der Waals surface area contributed by atoms with E-state index in [4.69, 9.17) is 9.26 Å². The molecule has 0 saturated carbocycles. The lowest BCUT2D eigenvalue weighted by Crippen LogP contribution is -2.23. The number of aromatic nitrogens is 1. The molecule has 2 heterocycles. The molecule has 0 spiro atoms. The van der Waals surface area contributed by atoms with Crippen LogP contribution in [-0.4, -0.2) is 23.2 Å². The summed E-state index contributed by atoms with van der Waals surface area (Å²) in [5.41, 5.74) is 3.65. The Morgan fingerprint density at radius 1 is 1.25 bits per heavy atom. The smallest absolute Gasteiger partial charge is 0.138 e. The van der Waals surface area contributed by atoms with E-state index in [0.717, 1.165) is 49.7 Å². The molecule has 0 N–H and O–H groups in total. The van der Waals surface area contributed by atoms with Crippen LogP contribution in [0.1, 0.15) is 61.2 Å². The Bertz CT molecular complexity index is 629. The zero-order valence-electron chi connectivity index (χ0n) is 15.0. The lowest BCUT2D eigenvalue weighted by Gasteiger charge is -2.24. The van der Waals surface area contributed by atoms with Gasteiger partial charge in [0.25, 0.3) is 0 Å². The molecule has 1 aliphatic rings. The number of nitrogens with zero attached hydrogens (tertiary/aromatic N) is 2. The minimum atomic E-state index is 0.428. The number of hydrogen-bond acceptors (Lipinski definition) is 4. The standard InChI is InChI=1S/C20H28N2O2/c1-4-5-13-23-18-10-8-17(9-11-18)14-22-12-6-7-19(22)20-15(2)21-24-16(20)3/h8-11,19H,4-7,12-14H2,1-3H3/t19-/m0/s1. The fourth-order valence-corrected chi connectivity index (χ4v) is 3.57. The van der Waals surface area contributed by atoms with Crippen molar-refractivity contribution in [3.05, 3.63) is 46.8 Å². The molecule has 0 radical (unpaired) electrons. The molecule has 1 aromatic carbocycles. The summed E-state index contributed by atoms with van der Waals surface area (Å²) < 4.78 is 11.1. The van der Waals surface area contributed by atoms with Gasteiger partial charge in [-0.05, 0) is 57.4 Å². The Morgan fingerprint density at radius 2 is 2.04 bits per heavy atom. The molecule has 1 saturated heterocycles. The zero-order chi connectivity index (χ0) is 16.9. The summed E-state index contributed by atoms with van der Waals surface area (Å²) in [7, 11) is 0. The Balaban J connectivity index is 1.64. The highest BCUT2D eigenvalue weighted by Gasteiger charge is 2.30. The highest BCUT2D eigenvalue weighted by Crippen LogP contribution is 2.36. The summed E-state index contributed by atoms with van der Waals surface area (Å²) >= 11 is 0. The minimum absolute atomic E-state index is 0.428. The van der Waals surface area contributed by atoms with E-state index < -0.39 is 0 Å². The van der Waals surface area contributed by atoms with Gasteiger partial charge in [0.15, 0.2) is 0 Å². The van der Waals surface area contributed by atoms with Gasteiger partial charge in [0.2, 0.25) is 0 Å². The molecule has 24 heavy (non-hydrogen) atoms. The van der Waals surface area contributed by atoms with Crippen LogP contribution in [-0.2, 0) is 6.54 Å². The second-order valence-electron chi connectivity index (χ2n) is 6.71. The number of ether oxygens (including phenoxy) is 1. The Labute approximate surface area is 144 Å². The number of unbranched alkanes of at least 4 members (excludes halogenated alkanes) is 1. The topological polar surface area (TPSA) is 38.5 Å². The Kier molecular flexibility index (Phi) is 5.56. The van der Waals surface area contributed by atoms with Crippen molar-refractivity contribution in [3.63, 3.8) is 0 Å². The SMILES string of the molecule is CCCCOc1ccc(CN2CCC[C@H]2c2c(C)noc2C)cc1. The molecule has 0 bridgehead atoms. The average molecular weight is 328 g/mol. The van der Waals surface area contributed by atoms with Gasteiger partial charge in [0.1, 0.15) is 11.5 Å². The maximum absolute atomic E-state index is 5.75. The third kappa shape index (κ3) is 3.81. The van der Waals surface area contributed by atoms with Gasteiger partial charge >= 0.3 is 0 Å². The molecular weight excluding hydrogens is 300 g/mol. The summed E-state index contributed by atoms with van der Waals surface area (Å²) in [6.07, 6.45) is 4.68. The first-order valence-corrected chi connectivity index (χ1v) is 9.07. The highest BCUT2D eigenvalue weighted by atomic mass is 16.5. The van der Waals surface area contributed by atoms with Gasteiger partial charge in [-0.15, -0.1) is 0 Å². The van der Waals surface area contributed by atoms with Crippen LogP contribution in [0.4, 0.5) is 0 Å². The van der Waals surface area contributed by atoms with Gasteiger partial charge in [0, 0.05) is 18.2 Å². The van der Waals surface area contributed by atoms with Crippen molar-refractivity contribution in [3.8, 4) is 5.75 Å². The molecule has 130 valence electrons. The van der Waals surface area contributed by atoms with Crippen molar-refractivity contribution in [2.75, 3.05) is 13.2 Å². The number of likely N-dealkylation sites (tertiary alicyclic amines) is 1. The van der Waals surface area contributed by atoms with Gasteiger partial charge in [-0.1, -0.05) is 30.6 Å². The summed E-state index contributed by atoms with van der Waals surface area (Å²) in [5.74, 6) is 1.93. The van der Waals surface area contributed by atoms with Crippen molar-refractivity contribution in [2.45, 2.75) is 59.0 Å². The van der Waals surface area contributed by atoms with Crippen LogP contribution in [0.3, 0.4) is 0 Å². The van der Waals surface area contributed by atoms with E-state index in [1.54, 1.807) is 0 Å². The summed E-state index contributed by atoms with van der Waals surface area (Å²) in [5, 5.41) is 4.13. The van der Waals surface area contributed by atoms with Crippen molar-refractivity contribution >= 4 is 0 Å². The average Bonchev–Trinajstić information content (AvgIpc) is 3.15.